The number of benzene rings is 1. The van der Waals surface area contributed by atoms with Crippen molar-refractivity contribution in [3.05, 3.63) is 63.8 Å². The summed E-state index contributed by atoms with van der Waals surface area (Å²) in [5.74, 6) is 1.02. The molecule has 9 heteroatoms. The number of nitrogens with two attached hydrogens (primary N) is 1. The molecule has 176 valence electrons. The summed E-state index contributed by atoms with van der Waals surface area (Å²) in [4.78, 5) is 21.5. The van der Waals surface area contributed by atoms with Gasteiger partial charge in [0.25, 0.3) is 0 Å². The van der Waals surface area contributed by atoms with Gasteiger partial charge in [-0.05, 0) is 49.2 Å². The van der Waals surface area contributed by atoms with Crippen molar-refractivity contribution in [2.24, 2.45) is 11.7 Å². The van der Waals surface area contributed by atoms with Crippen molar-refractivity contribution in [3.63, 3.8) is 0 Å². The largest absolute Gasteiger partial charge is 0.460 e. The standard InChI is InChI=1S/C24H29ClN4O3S/c25-19-3-1-17(2-4-19)23-6-5-21(32-23)15-29-9-7-28(8-10-29)14-20(30)11-18(24(26)31)12-22-13-27-16-33-22/h1-6,13,16,18,20,30H,7-12,14-15H2,(H2,26,31)/t18-,20-/m0/s1. The Labute approximate surface area is 202 Å². The lowest BCUT2D eigenvalue weighted by molar-refractivity contribution is -0.122. The maximum Gasteiger partial charge on any atom is 0.220 e. The lowest BCUT2D eigenvalue weighted by atomic mass is 9.96. The van der Waals surface area contributed by atoms with E-state index in [2.05, 4.69) is 14.8 Å². The van der Waals surface area contributed by atoms with Gasteiger partial charge < -0.3 is 15.3 Å². The maximum atomic E-state index is 11.8. The van der Waals surface area contributed by atoms with Crippen LogP contribution in [0.3, 0.4) is 0 Å². The van der Waals surface area contributed by atoms with Gasteiger partial charge >= 0.3 is 0 Å². The van der Waals surface area contributed by atoms with Gasteiger partial charge in [-0.2, -0.15) is 0 Å². The van der Waals surface area contributed by atoms with Crippen LogP contribution in [0.25, 0.3) is 11.3 Å². The number of furan rings is 1. The average molecular weight is 489 g/mol. The Morgan fingerprint density at radius 1 is 1.15 bits per heavy atom. The van der Waals surface area contributed by atoms with Crippen LogP contribution in [0.15, 0.2) is 52.5 Å². The smallest absolute Gasteiger partial charge is 0.220 e. The molecular weight excluding hydrogens is 460 g/mol. The molecule has 33 heavy (non-hydrogen) atoms. The van der Waals surface area contributed by atoms with E-state index in [9.17, 15) is 9.90 Å². The van der Waals surface area contributed by atoms with Crippen molar-refractivity contribution in [2.45, 2.75) is 25.5 Å². The van der Waals surface area contributed by atoms with E-state index in [1.165, 1.54) is 11.3 Å². The van der Waals surface area contributed by atoms with Crippen LogP contribution in [0, 0.1) is 5.92 Å². The number of piperazine rings is 1. The van der Waals surface area contributed by atoms with E-state index < -0.39 is 6.10 Å². The van der Waals surface area contributed by atoms with Gasteiger partial charge in [0.05, 0.1) is 18.2 Å². The molecule has 0 spiro atoms. The monoisotopic (exact) mass is 488 g/mol. The van der Waals surface area contributed by atoms with Gasteiger partial charge in [0.15, 0.2) is 0 Å². The Morgan fingerprint density at radius 3 is 2.55 bits per heavy atom. The van der Waals surface area contributed by atoms with Crippen LogP contribution in [-0.4, -0.2) is 64.6 Å². The highest BCUT2D eigenvalue weighted by Gasteiger charge is 2.24. The minimum absolute atomic E-state index is 0.368. The molecule has 3 N–H and O–H groups in total. The van der Waals surface area contributed by atoms with E-state index in [1.807, 2.05) is 36.4 Å². The number of carbonyl (C=O) groups is 1. The number of aromatic nitrogens is 1. The minimum atomic E-state index is -0.589. The molecule has 2 atom stereocenters. The van der Waals surface area contributed by atoms with Crippen molar-refractivity contribution in [1.82, 2.24) is 14.8 Å². The molecule has 1 amide bonds. The molecule has 3 aromatic rings. The lowest BCUT2D eigenvalue weighted by Crippen LogP contribution is -2.48. The van der Waals surface area contributed by atoms with E-state index >= 15 is 0 Å². The number of carbonyl (C=O) groups excluding carboxylic acids is 1. The van der Waals surface area contributed by atoms with Crippen LogP contribution in [0.2, 0.25) is 5.02 Å². The molecule has 4 rings (SSSR count). The molecule has 2 aromatic heterocycles. The number of amides is 1. The summed E-state index contributed by atoms with van der Waals surface area (Å²) in [6, 6.07) is 11.6. The van der Waals surface area contributed by atoms with E-state index in [0.29, 0.717) is 24.4 Å². The van der Waals surface area contributed by atoms with Crippen molar-refractivity contribution in [3.8, 4) is 11.3 Å². The molecule has 1 aliphatic rings. The van der Waals surface area contributed by atoms with Gasteiger partial charge in [0, 0.05) is 60.3 Å². The quantitative estimate of drug-likeness (QED) is 0.454. The number of β-amino-alcohol motifs (C(OH)–C–C–N with tert-alkyl or cyclic N) is 1. The number of nitrogens with zero attached hydrogens (tertiary/aromatic N) is 3. The number of hydrogen-bond donors (Lipinski definition) is 2. The summed E-state index contributed by atoms with van der Waals surface area (Å²) in [6.45, 7) is 4.80. The van der Waals surface area contributed by atoms with E-state index in [4.69, 9.17) is 21.8 Å². The first-order chi connectivity index (χ1) is 16.0. The molecule has 3 heterocycles. The van der Waals surface area contributed by atoms with Gasteiger partial charge in [0.2, 0.25) is 5.91 Å². The third kappa shape index (κ3) is 6.88. The van der Waals surface area contributed by atoms with Crippen LogP contribution in [-0.2, 0) is 17.8 Å². The first-order valence-electron chi connectivity index (χ1n) is 11.1. The molecule has 0 radical (unpaired) electrons. The summed E-state index contributed by atoms with van der Waals surface area (Å²) >= 11 is 7.47. The number of aliphatic hydroxyl groups excluding tert-OH is 1. The lowest BCUT2D eigenvalue weighted by Gasteiger charge is -2.35. The fourth-order valence-corrected chi connectivity index (χ4v) is 4.97. The number of rotatable bonds is 10. The highest BCUT2D eigenvalue weighted by molar-refractivity contribution is 7.09. The Balaban J connectivity index is 1.22. The zero-order valence-electron chi connectivity index (χ0n) is 18.4. The molecule has 7 nitrogen and oxygen atoms in total. The van der Waals surface area contributed by atoms with Crippen molar-refractivity contribution in [1.29, 1.82) is 0 Å². The van der Waals surface area contributed by atoms with E-state index in [1.54, 1.807) is 11.7 Å². The number of halogens is 1. The van der Waals surface area contributed by atoms with Crippen LogP contribution in [0.5, 0.6) is 0 Å². The summed E-state index contributed by atoms with van der Waals surface area (Å²) in [7, 11) is 0. The third-order valence-corrected chi connectivity index (χ3v) is 7.05. The number of primary amides is 1. The molecule has 1 aromatic carbocycles. The highest BCUT2D eigenvalue weighted by atomic mass is 35.5. The predicted molar refractivity (Wildman–Crippen MR) is 130 cm³/mol. The second-order valence-electron chi connectivity index (χ2n) is 8.51. The zero-order valence-corrected chi connectivity index (χ0v) is 20.0. The normalized spacial score (nSPS) is 17.2. The van der Waals surface area contributed by atoms with Crippen LogP contribution >= 0.6 is 22.9 Å². The number of aliphatic hydroxyl groups is 1. The second-order valence-corrected chi connectivity index (χ2v) is 9.92. The maximum absolute atomic E-state index is 11.8. The third-order valence-electron chi connectivity index (χ3n) is 5.99. The predicted octanol–water partition coefficient (Wildman–Crippen LogP) is 3.27. The van der Waals surface area contributed by atoms with Gasteiger partial charge in [-0.15, -0.1) is 11.3 Å². The molecule has 0 saturated carbocycles. The van der Waals surface area contributed by atoms with Crippen LogP contribution < -0.4 is 5.73 Å². The molecule has 0 aliphatic carbocycles. The van der Waals surface area contributed by atoms with Gasteiger partial charge in [0.1, 0.15) is 11.5 Å². The molecule has 0 unspecified atom stereocenters. The molecular formula is C24H29ClN4O3S. The van der Waals surface area contributed by atoms with Gasteiger partial charge in [-0.25, -0.2) is 0 Å². The van der Waals surface area contributed by atoms with Gasteiger partial charge in [-0.1, -0.05) is 11.6 Å². The van der Waals surface area contributed by atoms with Crippen molar-refractivity contribution in [2.75, 3.05) is 32.7 Å². The minimum Gasteiger partial charge on any atom is -0.460 e. The topological polar surface area (TPSA) is 95.8 Å². The van der Waals surface area contributed by atoms with Crippen LogP contribution in [0.4, 0.5) is 0 Å². The summed E-state index contributed by atoms with van der Waals surface area (Å²) in [6.07, 6.45) is 2.07. The number of thiazole rings is 1. The SMILES string of the molecule is NC(=O)[C@H](Cc1cncs1)C[C@H](O)CN1CCN(Cc2ccc(-c3ccc(Cl)cc3)o2)CC1. The molecule has 1 fully saturated rings. The van der Waals surface area contributed by atoms with E-state index in [-0.39, 0.29) is 11.8 Å². The van der Waals surface area contributed by atoms with Crippen molar-refractivity contribution < 1.29 is 14.3 Å². The molecule has 0 bridgehead atoms. The average Bonchev–Trinajstić information content (AvgIpc) is 3.47. The first kappa shape index (κ1) is 23.9. The Kier molecular flexibility index (Phi) is 8.16. The molecule has 1 saturated heterocycles. The van der Waals surface area contributed by atoms with Crippen molar-refractivity contribution >= 4 is 28.8 Å². The van der Waals surface area contributed by atoms with Gasteiger partial charge in [-0.3, -0.25) is 19.6 Å². The second kappa shape index (κ2) is 11.3. The highest BCUT2D eigenvalue weighted by Crippen LogP contribution is 2.25. The zero-order chi connectivity index (χ0) is 23.2. The Hall–Kier alpha value is -2.23. The molecule has 1 aliphatic heterocycles. The summed E-state index contributed by atoms with van der Waals surface area (Å²) < 4.78 is 6.03. The fourth-order valence-electron chi connectivity index (χ4n) is 4.17. The first-order valence-corrected chi connectivity index (χ1v) is 12.4. The summed E-state index contributed by atoms with van der Waals surface area (Å²) in [5.41, 5.74) is 8.32. The van der Waals surface area contributed by atoms with E-state index in [0.717, 1.165) is 54.7 Å². The Morgan fingerprint density at radius 2 is 1.88 bits per heavy atom. The Bertz CT molecular complexity index is 1020. The van der Waals surface area contributed by atoms with Crippen LogP contribution in [0.1, 0.15) is 17.1 Å². The fraction of sp³-hybridized carbons (Fsp3) is 0.417. The number of hydrogen-bond acceptors (Lipinski definition) is 7. The summed E-state index contributed by atoms with van der Waals surface area (Å²) in [5, 5.41) is 11.3.